The van der Waals surface area contributed by atoms with Gasteiger partial charge in [0.2, 0.25) is 0 Å². The number of anilines is 1. The zero-order chi connectivity index (χ0) is 9.80. The van der Waals surface area contributed by atoms with Crippen molar-refractivity contribution in [3.05, 3.63) is 24.5 Å². The van der Waals surface area contributed by atoms with Gasteiger partial charge in [-0.25, -0.2) is 0 Å². The average Bonchev–Trinajstić information content (AvgIpc) is 2.30. The van der Waals surface area contributed by atoms with Crippen LogP contribution >= 0.6 is 0 Å². The van der Waals surface area contributed by atoms with Crippen molar-refractivity contribution in [2.24, 2.45) is 5.92 Å². The summed E-state index contributed by atoms with van der Waals surface area (Å²) in [4.78, 5) is 17.0. The first-order chi connectivity index (χ1) is 6.90. The maximum atomic E-state index is 10.7. The third-order valence-corrected chi connectivity index (χ3v) is 2.66. The topological polar surface area (TPSA) is 33.2 Å². The summed E-state index contributed by atoms with van der Waals surface area (Å²) in [6.45, 7) is 1.88. The van der Waals surface area contributed by atoms with Gasteiger partial charge in [-0.05, 0) is 25.0 Å². The summed E-state index contributed by atoms with van der Waals surface area (Å²) in [6, 6.07) is 3.97. The number of rotatable bonds is 2. The number of carbonyl (C=O) groups excluding carboxylic acids is 1. The molecule has 1 saturated heterocycles. The first kappa shape index (κ1) is 9.19. The molecule has 1 aromatic rings. The first-order valence-electron chi connectivity index (χ1n) is 5.00. The molecule has 14 heavy (non-hydrogen) atoms. The number of carbonyl (C=O) groups is 1. The van der Waals surface area contributed by atoms with E-state index < -0.39 is 0 Å². The minimum Gasteiger partial charge on any atom is -0.370 e. The molecule has 1 atom stereocenters. The summed E-state index contributed by atoms with van der Waals surface area (Å²) < 4.78 is 0. The van der Waals surface area contributed by atoms with Crippen molar-refractivity contribution in [2.75, 3.05) is 18.0 Å². The molecule has 1 aliphatic rings. The molecule has 2 rings (SSSR count). The quantitative estimate of drug-likeness (QED) is 0.662. The molecule has 1 aromatic heterocycles. The SMILES string of the molecule is O=C[C@H]1CCCN(c2cccnc2)C1. The standard InChI is InChI=1S/C11H14N2O/c14-9-10-3-2-6-13(8-10)11-4-1-5-12-7-11/h1,4-5,7,9-10H,2-3,6,8H2/t10-/m0/s1. The predicted octanol–water partition coefficient (Wildman–Crippen LogP) is 1.50. The highest BCUT2D eigenvalue weighted by molar-refractivity contribution is 5.56. The van der Waals surface area contributed by atoms with Gasteiger partial charge in [0.25, 0.3) is 0 Å². The fourth-order valence-corrected chi connectivity index (χ4v) is 1.90. The van der Waals surface area contributed by atoms with Gasteiger partial charge in [0, 0.05) is 25.2 Å². The highest BCUT2D eigenvalue weighted by atomic mass is 16.1. The average molecular weight is 190 g/mol. The lowest BCUT2D eigenvalue weighted by molar-refractivity contribution is -0.111. The molecule has 0 N–H and O–H groups in total. The van der Waals surface area contributed by atoms with Crippen molar-refractivity contribution >= 4 is 12.0 Å². The van der Waals surface area contributed by atoms with Crippen LogP contribution < -0.4 is 4.90 Å². The lowest BCUT2D eigenvalue weighted by Gasteiger charge is -2.31. The number of aromatic nitrogens is 1. The first-order valence-corrected chi connectivity index (χ1v) is 5.00. The number of aldehydes is 1. The van der Waals surface area contributed by atoms with Crippen LogP contribution in [0.3, 0.4) is 0 Å². The Balaban J connectivity index is 2.08. The van der Waals surface area contributed by atoms with E-state index in [2.05, 4.69) is 9.88 Å². The van der Waals surface area contributed by atoms with Crippen LogP contribution in [0.15, 0.2) is 24.5 Å². The van der Waals surface area contributed by atoms with Crippen LogP contribution in [0.4, 0.5) is 5.69 Å². The molecule has 0 bridgehead atoms. The molecule has 2 heterocycles. The molecule has 0 saturated carbocycles. The van der Waals surface area contributed by atoms with Gasteiger partial charge in [0.15, 0.2) is 0 Å². The van der Waals surface area contributed by atoms with Crippen LogP contribution in [0.5, 0.6) is 0 Å². The number of pyridine rings is 1. The van der Waals surface area contributed by atoms with Gasteiger partial charge in [-0.15, -0.1) is 0 Å². The van der Waals surface area contributed by atoms with Crippen molar-refractivity contribution in [2.45, 2.75) is 12.8 Å². The molecule has 3 nitrogen and oxygen atoms in total. The van der Waals surface area contributed by atoms with Crippen molar-refractivity contribution in [1.29, 1.82) is 0 Å². The summed E-state index contributed by atoms with van der Waals surface area (Å²) >= 11 is 0. The van der Waals surface area contributed by atoms with Gasteiger partial charge in [0.05, 0.1) is 11.9 Å². The van der Waals surface area contributed by atoms with Crippen LogP contribution in [0.2, 0.25) is 0 Å². The van der Waals surface area contributed by atoms with Crippen LogP contribution in [-0.2, 0) is 4.79 Å². The second kappa shape index (κ2) is 4.22. The summed E-state index contributed by atoms with van der Waals surface area (Å²) in [7, 11) is 0. The number of nitrogens with zero attached hydrogens (tertiary/aromatic N) is 2. The molecule has 1 fully saturated rings. The number of piperidine rings is 1. The molecule has 0 amide bonds. The smallest absolute Gasteiger partial charge is 0.124 e. The second-order valence-electron chi connectivity index (χ2n) is 3.70. The summed E-state index contributed by atoms with van der Waals surface area (Å²) in [6.07, 6.45) is 6.82. The van der Waals surface area contributed by atoms with E-state index >= 15 is 0 Å². The zero-order valence-electron chi connectivity index (χ0n) is 8.10. The Bertz CT molecular complexity index is 299. The van der Waals surface area contributed by atoms with E-state index in [1.54, 1.807) is 6.20 Å². The fourth-order valence-electron chi connectivity index (χ4n) is 1.90. The van der Waals surface area contributed by atoms with Gasteiger partial charge in [0.1, 0.15) is 6.29 Å². The lowest BCUT2D eigenvalue weighted by atomic mass is 9.99. The monoisotopic (exact) mass is 190 g/mol. The predicted molar refractivity (Wildman–Crippen MR) is 55.2 cm³/mol. The molecule has 0 aliphatic carbocycles. The van der Waals surface area contributed by atoms with Gasteiger partial charge in [-0.3, -0.25) is 4.98 Å². The second-order valence-corrected chi connectivity index (χ2v) is 3.70. The van der Waals surface area contributed by atoms with E-state index in [1.807, 2.05) is 18.3 Å². The van der Waals surface area contributed by atoms with E-state index in [0.717, 1.165) is 37.9 Å². The lowest BCUT2D eigenvalue weighted by Crippen LogP contribution is -2.35. The van der Waals surface area contributed by atoms with E-state index in [9.17, 15) is 4.79 Å². The minimum absolute atomic E-state index is 0.198. The van der Waals surface area contributed by atoms with Crippen LogP contribution in [0.25, 0.3) is 0 Å². The van der Waals surface area contributed by atoms with Crippen molar-refractivity contribution in [3.63, 3.8) is 0 Å². The van der Waals surface area contributed by atoms with E-state index in [1.165, 1.54) is 0 Å². The molecule has 1 aliphatic heterocycles. The molecule has 0 spiro atoms. The van der Waals surface area contributed by atoms with Crippen molar-refractivity contribution in [3.8, 4) is 0 Å². The third-order valence-electron chi connectivity index (χ3n) is 2.66. The maximum Gasteiger partial charge on any atom is 0.124 e. The number of hydrogen-bond donors (Lipinski definition) is 0. The van der Waals surface area contributed by atoms with Crippen LogP contribution in [-0.4, -0.2) is 24.4 Å². The Morgan fingerprint density at radius 3 is 3.21 bits per heavy atom. The highest BCUT2D eigenvalue weighted by Crippen LogP contribution is 2.20. The molecular weight excluding hydrogens is 176 g/mol. The maximum absolute atomic E-state index is 10.7. The Morgan fingerprint density at radius 2 is 2.50 bits per heavy atom. The van der Waals surface area contributed by atoms with E-state index in [4.69, 9.17) is 0 Å². The van der Waals surface area contributed by atoms with Crippen molar-refractivity contribution < 1.29 is 4.79 Å². The summed E-state index contributed by atoms with van der Waals surface area (Å²) in [5.41, 5.74) is 1.12. The molecule has 0 unspecified atom stereocenters. The fraction of sp³-hybridized carbons (Fsp3) is 0.455. The normalized spacial score (nSPS) is 22.0. The molecule has 74 valence electrons. The Kier molecular flexibility index (Phi) is 2.77. The van der Waals surface area contributed by atoms with E-state index in [-0.39, 0.29) is 5.92 Å². The largest absolute Gasteiger partial charge is 0.370 e. The number of hydrogen-bond acceptors (Lipinski definition) is 3. The Labute approximate surface area is 83.8 Å². The van der Waals surface area contributed by atoms with Crippen LogP contribution in [0.1, 0.15) is 12.8 Å². The van der Waals surface area contributed by atoms with Gasteiger partial charge >= 0.3 is 0 Å². The highest BCUT2D eigenvalue weighted by Gasteiger charge is 2.19. The minimum atomic E-state index is 0.198. The summed E-state index contributed by atoms with van der Waals surface area (Å²) in [5, 5.41) is 0. The summed E-state index contributed by atoms with van der Waals surface area (Å²) in [5.74, 6) is 0.198. The molecule has 0 radical (unpaired) electrons. The Morgan fingerprint density at radius 1 is 1.57 bits per heavy atom. The third kappa shape index (κ3) is 1.92. The van der Waals surface area contributed by atoms with Gasteiger partial charge in [-0.1, -0.05) is 0 Å². The zero-order valence-corrected chi connectivity index (χ0v) is 8.10. The Hall–Kier alpha value is -1.38. The van der Waals surface area contributed by atoms with Gasteiger partial charge < -0.3 is 9.69 Å². The molecular formula is C11H14N2O. The molecule has 0 aromatic carbocycles. The van der Waals surface area contributed by atoms with Crippen LogP contribution in [0, 0.1) is 5.92 Å². The molecule has 3 heteroatoms. The van der Waals surface area contributed by atoms with E-state index in [0.29, 0.717) is 0 Å². The van der Waals surface area contributed by atoms with Crippen molar-refractivity contribution in [1.82, 2.24) is 4.98 Å². The van der Waals surface area contributed by atoms with Gasteiger partial charge in [-0.2, -0.15) is 0 Å².